The summed E-state index contributed by atoms with van der Waals surface area (Å²) in [5.74, 6) is 10.7. The Bertz CT molecular complexity index is 665. The molecule has 0 saturated heterocycles. The summed E-state index contributed by atoms with van der Waals surface area (Å²) in [4.78, 5) is 13.3. The third-order valence-corrected chi connectivity index (χ3v) is 3.25. The summed E-state index contributed by atoms with van der Waals surface area (Å²) in [5, 5.41) is 0.785. The van der Waals surface area contributed by atoms with E-state index in [2.05, 4.69) is 0 Å². The third-order valence-electron chi connectivity index (χ3n) is 2.96. The molecule has 0 spiro atoms. The van der Waals surface area contributed by atoms with E-state index >= 15 is 0 Å². The van der Waals surface area contributed by atoms with Gasteiger partial charge in [0.25, 0.3) is 0 Å². The average molecular weight is 328 g/mol. The molecular weight excluding hydrogens is 313 g/mol. The van der Waals surface area contributed by atoms with Gasteiger partial charge in [-0.1, -0.05) is 11.6 Å². The summed E-state index contributed by atoms with van der Waals surface area (Å²) < 4.78 is 18.9. The van der Waals surface area contributed by atoms with Crippen molar-refractivity contribution >= 4 is 29.0 Å². The van der Waals surface area contributed by atoms with Crippen molar-refractivity contribution in [2.24, 2.45) is 11.7 Å². The Hall–Kier alpha value is -2.29. The molecule has 0 aliphatic heterocycles. The van der Waals surface area contributed by atoms with Crippen LogP contribution in [0.1, 0.15) is 5.76 Å². The van der Waals surface area contributed by atoms with E-state index in [1.807, 2.05) is 5.43 Å². The number of amides is 2. The number of nitrogens with zero attached hydrogens (tertiary/aromatic N) is 2. The van der Waals surface area contributed by atoms with Crippen LogP contribution in [0.4, 0.5) is 20.6 Å². The highest BCUT2D eigenvalue weighted by molar-refractivity contribution is 6.34. The van der Waals surface area contributed by atoms with Gasteiger partial charge in [-0.05, 0) is 18.2 Å². The first-order valence-corrected chi connectivity index (χ1v) is 6.59. The number of carbonyl (C=O) groups excluding carboxylic acids is 1. The van der Waals surface area contributed by atoms with Crippen LogP contribution in [0.25, 0.3) is 0 Å². The Morgan fingerprint density at radius 2 is 2.23 bits per heavy atom. The maximum atomic E-state index is 13.6. The SMILES string of the molecule is CN(Cc1ccco1)c1c(Cl)cc(F)cc1N(N)C(=O)NN. The van der Waals surface area contributed by atoms with Crippen molar-refractivity contribution in [3.63, 3.8) is 0 Å². The van der Waals surface area contributed by atoms with E-state index in [-0.39, 0.29) is 10.7 Å². The van der Waals surface area contributed by atoms with Crippen molar-refractivity contribution in [1.82, 2.24) is 5.43 Å². The fourth-order valence-electron chi connectivity index (χ4n) is 2.01. The lowest BCUT2D eigenvalue weighted by Gasteiger charge is -2.26. The fraction of sp³-hybridized carbons (Fsp3) is 0.154. The molecule has 1 aromatic heterocycles. The Morgan fingerprint density at radius 1 is 1.50 bits per heavy atom. The van der Waals surface area contributed by atoms with Gasteiger partial charge < -0.3 is 9.32 Å². The largest absolute Gasteiger partial charge is 0.467 e. The summed E-state index contributed by atoms with van der Waals surface area (Å²) >= 11 is 6.10. The van der Waals surface area contributed by atoms with E-state index in [0.717, 1.165) is 12.1 Å². The molecule has 1 heterocycles. The van der Waals surface area contributed by atoms with E-state index in [1.165, 1.54) is 6.26 Å². The minimum atomic E-state index is -0.811. The van der Waals surface area contributed by atoms with Crippen molar-refractivity contribution < 1.29 is 13.6 Å². The molecule has 0 aliphatic rings. The minimum Gasteiger partial charge on any atom is -0.467 e. The summed E-state index contributed by atoms with van der Waals surface area (Å²) in [5.41, 5.74) is 2.31. The molecule has 9 heteroatoms. The number of nitrogens with one attached hydrogen (secondary N) is 1. The number of rotatable bonds is 4. The van der Waals surface area contributed by atoms with Gasteiger partial charge in [0.15, 0.2) is 0 Å². The second kappa shape index (κ2) is 6.65. The van der Waals surface area contributed by atoms with Crippen molar-refractivity contribution in [2.75, 3.05) is 17.0 Å². The second-order valence-corrected chi connectivity index (χ2v) is 4.92. The number of hydrazine groups is 2. The number of anilines is 2. The molecule has 2 amide bonds. The summed E-state index contributed by atoms with van der Waals surface area (Å²) in [6, 6.07) is 4.94. The van der Waals surface area contributed by atoms with Crippen molar-refractivity contribution in [1.29, 1.82) is 0 Å². The Balaban J connectivity index is 2.42. The van der Waals surface area contributed by atoms with E-state index in [4.69, 9.17) is 27.7 Å². The molecular formula is C13H15ClFN5O2. The number of urea groups is 1. The molecule has 5 N–H and O–H groups in total. The molecule has 0 atom stereocenters. The molecule has 0 saturated carbocycles. The summed E-state index contributed by atoms with van der Waals surface area (Å²) in [6.07, 6.45) is 1.54. The number of hydrogen-bond acceptors (Lipinski definition) is 5. The van der Waals surface area contributed by atoms with Gasteiger partial charge in [0.1, 0.15) is 11.6 Å². The predicted molar refractivity (Wildman–Crippen MR) is 81.6 cm³/mol. The second-order valence-electron chi connectivity index (χ2n) is 4.51. The van der Waals surface area contributed by atoms with E-state index in [9.17, 15) is 9.18 Å². The Labute approximate surface area is 131 Å². The lowest BCUT2D eigenvalue weighted by molar-refractivity contribution is 0.246. The zero-order chi connectivity index (χ0) is 16.3. The predicted octanol–water partition coefficient (Wildman–Crippen LogP) is 1.97. The highest BCUT2D eigenvalue weighted by Gasteiger charge is 2.21. The third kappa shape index (κ3) is 3.30. The smallest absolute Gasteiger partial charge is 0.350 e. The molecule has 1 aromatic carbocycles. The Kier molecular flexibility index (Phi) is 4.86. The monoisotopic (exact) mass is 327 g/mol. The van der Waals surface area contributed by atoms with Gasteiger partial charge in [-0.3, -0.25) is 5.43 Å². The van der Waals surface area contributed by atoms with E-state index in [1.54, 1.807) is 24.1 Å². The van der Waals surface area contributed by atoms with Gasteiger partial charge in [-0.15, -0.1) is 0 Å². The average Bonchev–Trinajstić information content (AvgIpc) is 2.97. The molecule has 7 nitrogen and oxygen atoms in total. The summed E-state index contributed by atoms with van der Waals surface area (Å²) in [7, 11) is 1.71. The maximum Gasteiger partial charge on any atom is 0.350 e. The van der Waals surface area contributed by atoms with Crippen LogP contribution >= 0.6 is 11.6 Å². The van der Waals surface area contributed by atoms with Crippen LogP contribution in [0.2, 0.25) is 5.02 Å². The number of hydrogen-bond donors (Lipinski definition) is 3. The standard InChI is InChI=1S/C13H15ClFN5O2/c1-19(7-9-3-2-4-22-9)12-10(14)5-8(15)6-11(12)20(17)13(21)18-16/h2-6H,7,16-17H2,1H3,(H,18,21). The topological polar surface area (TPSA) is 101 Å². The van der Waals surface area contributed by atoms with Gasteiger partial charge in [0.2, 0.25) is 0 Å². The lowest BCUT2D eigenvalue weighted by Crippen LogP contribution is -2.48. The highest BCUT2D eigenvalue weighted by Crippen LogP contribution is 2.36. The highest BCUT2D eigenvalue weighted by atomic mass is 35.5. The quantitative estimate of drug-likeness (QED) is 0.453. The maximum absolute atomic E-state index is 13.6. The molecule has 0 radical (unpaired) electrons. The van der Waals surface area contributed by atoms with Crippen LogP contribution in [-0.2, 0) is 6.54 Å². The number of benzene rings is 1. The summed E-state index contributed by atoms with van der Waals surface area (Å²) in [6.45, 7) is 0.351. The molecule has 0 aliphatic carbocycles. The minimum absolute atomic E-state index is 0.0713. The molecule has 118 valence electrons. The Morgan fingerprint density at radius 3 is 2.82 bits per heavy atom. The van der Waals surface area contributed by atoms with E-state index in [0.29, 0.717) is 23.0 Å². The first-order chi connectivity index (χ1) is 10.4. The van der Waals surface area contributed by atoms with Crippen LogP contribution in [0, 0.1) is 5.82 Å². The van der Waals surface area contributed by atoms with Crippen LogP contribution in [0.5, 0.6) is 0 Å². The number of halogens is 2. The van der Waals surface area contributed by atoms with Gasteiger partial charge in [-0.2, -0.15) is 0 Å². The van der Waals surface area contributed by atoms with Crippen molar-refractivity contribution in [3.05, 3.63) is 47.1 Å². The van der Waals surface area contributed by atoms with Gasteiger partial charge in [0, 0.05) is 13.1 Å². The van der Waals surface area contributed by atoms with Gasteiger partial charge >= 0.3 is 6.03 Å². The molecule has 0 fully saturated rings. The first kappa shape index (κ1) is 16.1. The molecule has 0 unspecified atom stereocenters. The zero-order valence-corrected chi connectivity index (χ0v) is 12.5. The first-order valence-electron chi connectivity index (χ1n) is 6.22. The van der Waals surface area contributed by atoms with Crippen LogP contribution < -0.4 is 27.0 Å². The normalized spacial score (nSPS) is 10.4. The van der Waals surface area contributed by atoms with Crippen molar-refractivity contribution in [3.8, 4) is 0 Å². The lowest BCUT2D eigenvalue weighted by atomic mass is 10.2. The van der Waals surface area contributed by atoms with Gasteiger partial charge in [-0.25, -0.2) is 25.9 Å². The zero-order valence-electron chi connectivity index (χ0n) is 11.7. The van der Waals surface area contributed by atoms with Crippen LogP contribution in [-0.4, -0.2) is 13.1 Å². The number of furan rings is 1. The molecule has 22 heavy (non-hydrogen) atoms. The van der Waals surface area contributed by atoms with Crippen LogP contribution in [0.3, 0.4) is 0 Å². The van der Waals surface area contributed by atoms with Crippen molar-refractivity contribution in [2.45, 2.75) is 6.54 Å². The van der Waals surface area contributed by atoms with Gasteiger partial charge in [0.05, 0.1) is 29.2 Å². The molecule has 2 aromatic rings. The molecule has 0 bridgehead atoms. The number of nitrogens with two attached hydrogens (primary N) is 2. The van der Waals surface area contributed by atoms with E-state index < -0.39 is 11.8 Å². The number of carbonyl (C=O) groups is 1. The molecule has 2 rings (SSSR count). The van der Waals surface area contributed by atoms with Crippen LogP contribution in [0.15, 0.2) is 34.9 Å². The fourth-order valence-corrected chi connectivity index (χ4v) is 2.35.